The molecule has 0 radical (unpaired) electrons. The van der Waals surface area contributed by atoms with E-state index in [1.54, 1.807) is 6.20 Å². The largest absolute Gasteiger partial charge is 0.367 e. The van der Waals surface area contributed by atoms with E-state index in [9.17, 15) is 4.79 Å². The van der Waals surface area contributed by atoms with E-state index in [0.717, 1.165) is 11.3 Å². The van der Waals surface area contributed by atoms with E-state index in [-0.39, 0.29) is 5.91 Å². The number of anilines is 1. The van der Waals surface area contributed by atoms with E-state index >= 15 is 0 Å². The Balaban J connectivity index is 2.01. The fourth-order valence-electron chi connectivity index (χ4n) is 1.35. The van der Waals surface area contributed by atoms with Crippen LogP contribution in [0.15, 0.2) is 54.4 Å². The summed E-state index contributed by atoms with van der Waals surface area (Å²) in [5, 5.41) is 5.73. The molecule has 76 valence electrons. The number of rotatable bonds is 2. The molecule has 0 spiro atoms. The van der Waals surface area contributed by atoms with Crippen molar-refractivity contribution in [1.29, 1.82) is 0 Å². The minimum Gasteiger partial charge on any atom is -0.367 e. The average molecular weight is 200 g/mol. The molecule has 0 saturated carbocycles. The molecule has 0 fully saturated rings. The van der Waals surface area contributed by atoms with Crippen molar-refractivity contribution in [3.63, 3.8) is 0 Å². The summed E-state index contributed by atoms with van der Waals surface area (Å²) >= 11 is 0. The van der Waals surface area contributed by atoms with Crippen molar-refractivity contribution in [2.45, 2.75) is 6.42 Å². The van der Waals surface area contributed by atoms with Gasteiger partial charge in [-0.2, -0.15) is 0 Å². The van der Waals surface area contributed by atoms with E-state index in [0.29, 0.717) is 6.42 Å². The van der Waals surface area contributed by atoms with Crippen LogP contribution in [-0.2, 0) is 4.79 Å². The topological polar surface area (TPSA) is 41.1 Å². The molecule has 3 nitrogen and oxygen atoms in total. The Morgan fingerprint density at radius 3 is 2.73 bits per heavy atom. The maximum absolute atomic E-state index is 11.7. The van der Waals surface area contributed by atoms with Crippen molar-refractivity contribution in [2.24, 2.45) is 0 Å². The standard InChI is InChI=1S/C12H12N2O/c15-12(10-5-4-8-13-9-10)14-11-6-2-1-3-7-11/h1-4,6-9,13H,5H2,(H,14,15). The molecule has 1 aromatic carbocycles. The molecule has 1 heterocycles. The number of amides is 1. The van der Waals surface area contributed by atoms with Gasteiger partial charge in [0.2, 0.25) is 0 Å². The normalized spacial score (nSPS) is 14.0. The number of dihydropyridines is 1. The zero-order valence-corrected chi connectivity index (χ0v) is 8.23. The molecule has 1 aliphatic rings. The lowest BCUT2D eigenvalue weighted by Crippen LogP contribution is -2.17. The van der Waals surface area contributed by atoms with Crippen LogP contribution in [0, 0.1) is 0 Å². The Morgan fingerprint density at radius 2 is 2.07 bits per heavy atom. The summed E-state index contributed by atoms with van der Waals surface area (Å²) in [6.45, 7) is 0. The molecule has 1 amide bonds. The SMILES string of the molecule is O=C(Nc1ccccc1)C1=CNC=CC1. The highest BCUT2D eigenvalue weighted by atomic mass is 16.1. The molecule has 0 saturated heterocycles. The monoisotopic (exact) mass is 200 g/mol. The molecule has 0 aliphatic carbocycles. The summed E-state index contributed by atoms with van der Waals surface area (Å²) in [5.41, 5.74) is 1.55. The van der Waals surface area contributed by atoms with Crippen molar-refractivity contribution in [3.05, 3.63) is 54.4 Å². The minimum absolute atomic E-state index is 0.0574. The molecular formula is C12H12N2O. The van der Waals surface area contributed by atoms with Gasteiger partial charge in [0.25, 0.3) is 5.91 Å². The van der Waals surface area contributed by atoms with Crippen LogP contribution in [0.25, 0.3) is 0 Å². The van der Waals surface area contributed by atoms with Gasteiger partial charge in [-0.05, 0) is 24.8 Å². The first-order valence-electron chi connectivity index (χ1n) is 4.83. The van der Waals surface area contributed by atoms with Gasteiger partial charge in [-0.25, -0.2) is 0 Å². The first-order chi connectivity index (χ1) is 7.36. The highest BCUT2D eigenvalue weighted by molar-refractivity contribution is 6.03. The Bertz CT molecular complexity index is 407. The summed E-state index contributed by atoms with van der Waals surface area (Å²) in [4.78, 5) is 11.7. The molecule has 0 atom stereocenters. The summed E-state index contributed by atoms with van der Waals surface area (Å²) < 4.78 is 0. The van der Waals surface area contributed by atoms with Crippen molar-refractivity contribution < 1.29 is 4.79 Å². The molecule has 1 aliphatic heterocycles. The van der Waals surface area contributed by atoms with Gasteiger partial charge in [-0.3, -0.25) is 4.79 Å². The van der Waals surface area contributed by atoms with E-state index < -0.39 is 0 Å². The minimum atomic E-state index is -0.0574. The number of para-hydroxylation sites is 1. The second-order valence-corrected chi connectivity index (χ2v) is 3.26. The van der Waals surface area contributed by atoms with Gasteiger partial charge in [0.1, 0.15) is 0 Å². The molecule has 1 aromatic rings. The molecule has 0 unspecified atom stereocenters. The lowest BCUT2D eigenvalue weighted by molar-refractivity contribution is -0.112. The number of carbonyl (C=O) groups is 1. The Morgan fingerprint density at radius 1 is 1.27 bits per heavy atom. The number of hydrogen-bond acceptors (Lipinski definition) is 2. The summed E-state index contributed by atoms with van der Waals surface area (Å²) in [7, 11) is 0. The Labute approximate surface area is 88.5 Å². The first kappa shape index (κ1) is 9.52. The number of hydrogen-bond donors (Lipinski definition) is 2. The molecular weight excluding hydrogens is 188 g/mol. The quantitative estimate of drug-likeness (QED) is 0.766. The zero-order chi connectivity index (χ0) is 10.5. The maximum Gasteiger partial charge on any atom is 0.253 e. The fraction of sp³-hybridized carbons (Fsp3) is 0.0833. The van der Waals surface area contributed by atoms with Gasteiger partial charge in [0, 0.05) is 17.5 Å². The first-order valence-corrected chi connectivity index (χ1v) is 4.83. The average Bonchev–Trinajstić information content (AvgIpc) is 2.31. The van der Waals surface area contributed by atoms with Crippen molar-refractivity contribution in [1.82, 2.24) is 5.32 Å². The van der Waals surface area contributed by atoms with Gasteiger partial charge >= 0.3 is 0 Å². The molecule has 2 N–H and O–H groups in total. The second-order valence-electron chi connectivity index (χ2n) is 3.26. The zero-order valence-electron chi connectivity index (χ0n) is 8.23. The molecule has 15 heavy (non-hydrogen) atoms. The van der Waals surface area contributed by atoms with Gasteiger partial charge in [-0.1, -0.05) is 24.3 Å². The van der Waals surface area contributed by atoms with E-state index in [4.69, 9.17) is 0 Å². The fourth-order valence-corrected chi connectivity index (χ4v) is 1.35. The number of carbonyl (C=O) groups excluding carboxylic acids is 1. The summed E-state index contributed by atoms with van der Waals surface area (Å²) in [5.74, 6) is -0.0574. The van der Waals surface area contributed by atoms with E-state index in [1.807, 2.05) is 42.6 Å². The highest BCUT2D eigenvalue weighted by Crippen LogP contribution is 2.10. The number of nitrogens with one attached hydrogen (secondary N) is 2. The van der Waals surface area contributed by atoms with Gasteiger partial charge in [0.05, 0.1) is 0 Å². The Hall–Kier alpha value is -2.03. The van der Waals surface area contributed by atoms with Crippen LogP contribution in [0.5, 0.6) is 0 Å². The highest BCUT2D eigenvalue weighted by Gasteiger charge is 2.09. The third-order valence-electron chi connectivity index (χ3n) is 2.13. The molecule has 0 bridgehead atoms. The Kier molecular flexibility index (Phi) is 2.83. The second kappa shape index (κ2) is 4.46. The van der Waals surface area contributed by atoms with Crippen LogP contribution in [0.4, 0.5) is 5.69 Å². The number of allylic oxidation sites excluding steroid dienone is 1. The van der Waals surface area contributed by atoms with Crippen molar-refractivity contribution in [2.75, 3.05) is 5.32 Å². The lowest BCUT2D eigenvalue weighted by atomic mass is 10.1. The molecule has 2 rings (SSSR count). The van der Waals surface area contributed by atoms with E-state index in [1.165, 1.54) is 0 Å². The van der Waals surface area contributed by atoms with E-state index in [2.05, 4.69) is 10.6 Å². The van der Waals surface area contributed by atoms with Gasteiger partial charge in [0.15, 0.2) is 0 Å². The van der Waals surface area contributed by atoms with Crippen LogP contribution in [0.1, 0.15) is 6.42 Å². The maximum atomic E-state index is 11.7. The molecule has 0 aromatic heterocycles. The predicted molar refractivity (Wildman–Crippen MR) is 60.0 cm³/mol. The van der Waals surface area contributed by atoms with Crippen LogP contribution in [-0.4, -0.2) is 5.91 Å². The van der Waals surface area contributed by atoms with Crippen LogP contribution < -0.4 is 10.6 Å². The lowest BCUT2D eigenvalue weighted by Gasteiger charge is -2.09. The third kappa shape index (κ3) is 2.47. The summed E-state index contributed by atoms with van der Waals surface area (Å²) in [6, 6.07) is 9.43. The summed E-state index contributed by atoms with van der Waals surface area (Å²) in [6.07, 6.45) is 6.13. The van der Waals surface area contributed by atoms with Gasteiger partial charge in [-0.15, -0.1) is 0 Å². The van der Waals surface area contributed by atoms with Gasteiger partial charge < -0.3 is 10.6 Å². The predicted octanol–water partition coefficient (Wildman–Crippen LogP) is 2.02. The number of benzene rings is 1. The van der Waals surface area contributed by atoms with Crippen molar-refractivity contribution in [3.8, 4) is 0 Å². The molecule has 3 heteroatoms. The van der Waals surface area contributed by atoms with Crippen LogP contribution >= 0.6 is 0 Å². The van der Waals surface area contributed by atoms with Crippen LogP contribution in [0.2, 0.25) is 0 Å². The van der Waals surface area contributed by atoms with Crippen molar-refractivity contribution >= 4 is 11.6 Å². The third-order valence-corrected chi connectivity index (χ3v) is 2.13. The van der Waals surface area contributed by atoms with Crippen LogP contribution in [0.3, 0.4) is 0 Å². The smallest absolute Gasteiger partial charge is 0.253 e.